The lowest BCUT2D eigenvalue weighted by Crippen LogP contribution is -2.45. The summed E-state index contributed by atoms with van der Waals surface area (Å²) >= 11 is 0. The van der Waals surface area contributed by atoms with Gasteiger partial charge in [0.1, 0.15) is 13.2 Å². The van der Waals surface area contributed by atoms with Crippen LogP contribution in [0.3, 0.4) is 0 Å². The number of benzene rings is 1. The second-order valence-electron chi connectivity index (χ2n) is 8.76. The van der Waals surface area contributed by atoms with Crippen molar-refractivity contribution in [2.45, 2.75) is 56.5 Å². The molecule has 1 aliphatic carbocycles. The van der Waals surface area contributed by atoms with Gasteiger partial charge in [-0.25, -0.2) is 0 Å². The van der Waals surface area contributed by atoms with E-state index < -0.39 is 0 Å². The molecule has 1 saturated heterocycles. The molecule has 1 saturated carbocycles. The molecule has 2 aliphatic heterocycles. The van der Waals surface area contributed by atoms with Gasteiger partial charge in [0.15, 0.2) is 17.5 Å². The average Bonchev–Trinajstić information content (AvgIpc) is 3.51. The molecule has 2 heterocycles. The SMILES string of the molecule is CN=C(NCCCOCC1CCCO1)NCC1(c2ccc3c(c2)OCCO3)CCCC1. The molecule has 2 fully saturated rings. The van der Waals surface area contributed by atoms with Crippen molar-refractivity contribution in [3.63, 3.8) is 0 Å². The van der Waals surface area contributed by atoms with Crippen molar-refractivity contribution < 1.29 is 18.9 Å². The number of hydrogen-bond acceptors (Lipinski definition) is 5. The highest BCUT2D eigenvalue weighted by Crippen LogP contribution is 2.43. The second-order valence-corrected chi connectivity index (χ2v) is 8.76. The molecule has 1 unspecified atom stereocenters. The molecule has 7 nitrogen and oxygen atoms in total. The third kappa shape index (κ3) is 5.83. The minimum atomic E-state index is 0.109. The highest BCUT2D eigenvalue weighted by atomic mass is 16.6. The molecule has 1 aromatic rings. The predicted molar refractivity (Wildman–Crippen MR) is 121 cm³/mol. The van der Waals surface area contributed by atoms with E-state index in [1.807, 2.05) is 7.05 Å². The molecule has 0 aromatic heterocycles. The van der Waals surface area contributed by atoms with Gasteiger partial charge in [-0.2, -0.15) is 0 Å². The normalized spacial score (nSPS) is 22.5. The van der Waals surface area contributed by atoms with E-state index in [0.29, 0.717) is 25.9 Å². The molecular formula is C24H37N3O4. The Balaban J connectivity index is 1.24. The van der Waals surface area contributed by atoms with Gasteiger partial charge in [0, 0.05) is 38.8 Å². The first-order chi connectivity index (χ1) is 15.3. The summed E-state index contributed by atoms with van der Waals surface area (Å²) in [5.41, 5.74) is 1.44. The van der Waals surface area contributed by atoms with Crippen molar-refractivity contribution in [1.82, 2.24) is 10.6 Å². The van der Waals surface area contributed by atoms with E-state index in [1.54, 1.807) is 0 Å². The highest BCUT2D eigenvalue weighted by Gasteiger charge is 2.36. The lowest BCUT2D eigenvalue weighted by Gasteiger charge is -2.32. The summed E-state index contributed by atoms with van der Waals surface area (Å²) in [7, 11) is 1.83. The van der Waals surface area contributed by atoms with Crippen LogP contribution in [0.15, 0.2) is 23.2 Å². The fourth-order valence-electron chi connectivity index (χ4n) is 4.84. The Kier molecular flexibility index (Phi) is 7.92. The summed E-state index contributed by atoms with van der Waals surface area (Å²) in [6.07, 6.45) is 8.38. The van der Waals surface area contributed by atoms with Crippen LogP contribution in [0.2, 0.25) is 0 Å². The summed E-state index contributed by atoms with van der Waals surface area (Å²) in [4.78, 5) is 4.41. The monoisotopic (exact) mass is 431 g/mol. The molecular weight excluding hydrogens is 394 g/mol. The van der Waals surface area contributed by atoms with Crippen LogP contribution in [0.1, 0.15) is 50.5 Å². The van der Waals surface area contributed by atoms with Crippen LogP contribution in [0.5, 0.6) is 11.5 Å². The van der Waals surface area contributed by atoms with Crippen molar-refractivity contribution in [2.24, 2.45) is 4.99 Å². The largest absolute Gasteiger partial charge is 0.486 e. The first-order valence-electron chi connectivity index (χ1n) is 11.8. The maximum atomic E-state index is 5.83. The standard InChI is InChI=1S/C24H37N3O4/c1-25-23(26-11-5-12-28-17-20-6-4-13-29-20)27-18-24(9-2-3-10-24)19-7-8-21-22(16-19)31-15-14-30-21/h7-8,16,20H,2-6,9-15,17-18H2,1H3,(H2,25,26,27). The Morgan fingerprint density at radius 2 is 1.94 bits per heavy atom. The lowest BCUT2D eigenvalue weighted by molar-refractivity contribution is 0.0168. The van der Waals surface area contributed by atoms with Crippen molar-refractivity contribution in [3.05, 3.63) is 23.8 Å². The molecule has 0 spiro atoms. The van der Waals surface area contributed by atoms with Gasteiger partial charge >= 0.3 is 0 Å². The summed E-state index contributed by atoms with van der Waals surface area (Å²) in [5.74, 6) is 2.58. The van der Waals surface area contributed by atoms with Crippen molar-refractivity contribution in [2.75, 3.05) is 53.2 Å². The second kappa shape index (κ2) is 11.0. The molecule has 172 valence electrons. The van der Waals surface area contributed by atoms with Crippen molar-refractivity contribution in [3.8, 4) is 11.5 Å². The number of nitrogens with one attached hydrogen (secondary N) is 2. The minimum Gasteiger partial charge on any atom is -0.486 e. The Hall–Kier alpha value is -1.99. The third-order valence-electron chi connectivity index (χ3n) is 6.62. The zero-order valence-corrected chi connectivity index (χ0v) is 18.8. The smallest absolute Gasteiger partial charge is 0.191 e. The Morgan fingerprint density at radius 3 is 2.71 bits per heavy atom. The minimum absolute atomic E-state index is 0.109. The van der Waals surface area contributed by atoms with Gasteiger partial charge in [-0.15, -0.1) is 0 Å². The van der Waals surface area contributed by atoms with E-state index in [-0.39, 0.29) is 5.41 Å². The van der Waals surface area contributed by atoms with E-state index in [2.05, 4.69) is 33.8 Å². The first kappa shape index (κ1) is 22.2. The molecule has 1 atom stereocenters. The van der Waals surface area contributed by atoms with Gasteiger partial charge in [0.2, 0.25) is 0 Å². The van der Waals surface area contributed by atoms with Gasteiger partial charge in [-0.3, -0.25) is 4.99 Å². The summed E-state index contributed by atoms with van der Waals surface area (Å²) in [5, 5.41) is 7.00. The van der Waals surface area contributed by atoms with E-state index in [0.717, 1.165) is 63.0 Å². The quantitative estimate of drug-likeness (QED) is 0.356. The molecule has 4 rings (SSSR count). The number of hydrogen-bond donors (Lipinski definition) is 2. The fraction of sp³-hybridized carbons (Fsp3) is 0.708. The van der Waals surface area contributed by atoms with Crippen LogP contribution in [0, 0.1) is 0 Å². The average molecular weight is 432 g/mol. The van der Waals surface area contributed by atoms with Gasteiger partial charge in [0.05, 0.1) is 12.7 Å². The number of ether oxygens (including phenoxy) is 4. The van der Waals surface area contributed by atoms with E-state index >= 15 is 0 Å². The summed E-state index contributed by atoms with van der Waals surface area (Å²) in [6.45, 7) is 5.28. The molecule has 0 amide bonds. The zero-order chi connectivity index (χ0) is 21.4. The molecule has 0 bridgehead atoms. The molecule has 0 radical (unpaired) electrons. The maximum Gasteiger partial charge on any atom is 0.191 e. The number of nitrogens with zero attached hydrogens (tertiary/aromatic N) is 1. The third-order valence-corrected chi connectivity index (χ3v) is 6.62. The number of guanidine groups is 1. The van der Waals surface area contributed by atoms with Crippen molar-refractivity contribution >= 4 is 5.96 Å². The van der Waals surface area contributed by atoms with Crippen LogP contribution in [-0.2, 0) is 14.9 Å². The fourth-order valence-corrected chi connectivity index (χ4v) is 4.84. The molecule has 31 heavy (non-hydrogen) atoms. The van der Waals surface area contributed by atoms with Crippen LogP contribution in [0.4, 0.5) is 0 Å². The number of aliphatic imine (C=N–C) groups is 1. The Morgan fingerprint density at radius 1 is 1.10 bits per heavy atom. The van der Waals surface area contributed by atoms with Gasteiger partial charge < -0.3 is 29.6 Å². The highest BCUT2D eigenvalue weighted by molar-refractivity contribution is 5.79. The van der Waals surface area contributed by atoms with Crippen molar-refractivity contribution in [1.29, 1.82) is 0 Å². The predicted octanol–water partition coefficient (Wildman–Crippen LogP) is 3.02. The van der Waals surface area contributed by atoms with E-state index in [4.69, 9.17) is 18.9 Å². The molecule has 2 N–H and O–H groups in total. The van der Waals surface area contributed by atoms with E-state index in [1.165, 1.54) is 31.2 Å². The van der Waals surface area contributed by atoms with Gasteiger partial charge in [-0.05, 0) is 49.8 Å². The maximum absolute atomic E-state index is 5.83. The van der Waals surface area contributed by atoms with E-state index in [9.17, 15) is 0 Å². The van der Waals surface area contributed by atoms with Crippen LogP contribution in [-0.4, -0.2) is 65.2 Å². The van der Waals surface area contributed by atoms with Crippen LogP contribution in [0.25, 0.3) is 0 Å². The summed E-state index contributed by atoms with van der Waals surface area (Å²) < 4.78 is 22.9. The summed E-state index contributed by atoms with van der Waals surface area (Å²) in [6, 6.07) is 6.46. The Bertz CT molecular complexity index is 728. The first-order valence-corrected chi connectivity index (χ1v) is 11.8. The van der Waals surface area contributed by atoms with Gasteiger partial charge in [0.25, 0.3) is 0 Å². The number of fused-ring (bicyclic) bond motifs is 1. The Labute approximate surface area is 185 Å². The molecule has 1 aromatic carbocycles. The van der Waals surface area contributed by atoms with Crippen LogP contribution >= 0.6 is 0 Å². The molecule has 7 heteroatoms. The topological polar surface area (TPSA) is 73.3 Å². The van der Waals surface area contributed by atoms with Crippen LogP contribution < -0.4 is 20.1 Å². The number of rotatable bonds is 9. The molecule has 3 aliphatic rings. The zero-order valence-electron chi connectivity index (χ0n) is 18.8. The lowest BCUT2D eigenvalue weighted by atomic mass is 9.78. The van der Waals surface area contributed by atoms with Gasteiger partial charge in [-0.1, -0.05) is 18.9 Å².